The van der Waals surface area contributed by atoms with Crippen LogP contribution in [-0.4, -0.2) is 44.4 Å². The summed E-state index contributed by atoms with van der Waals surface area (Å²) in [5, 5.41) is 11.1. The van der Waals surface area contributed by atoms with Crippen molar-refractivity contribution in [1.29, 1.82) is 0 Å². The van der Waals surface area contributed by atoms with E-state index in [1.165, 1.54) is 0 Å². The average molecular weight is 598 g/mol. The van der Waals surface area contributed by atoms with E-state index in [-0.39, 0.29) is 147 Å². The molecule has 0 spiro atoms. The molecule has 0 aliphatic heterocycles. The number of carbonyl (C=O) groups excluding carboxylic acids is 3. The maximum Gasteiger partial charge on any atom is 1.00 e. The molecule has 2 rings (SSSR count). The van der Waals surface area contributed by atoms with Crippen LogP contribution in [0.1, 0.15) is 67.8 Å². The van der Waals surface area contributed by atoms with Gasteiger partial charge in [-0.25, -0.2) is 0 Å². The van der Waals surface area contributed by atoms with Crippen molar-refractivity contribution in [3.05, 3.63) is 57.3 Å². The molecule has 0 radical (unpaired) electrons. The second-order valence-electron chi connectivity index (χ2n) is 7.58. The molecule has 0 unspecified atom stereocenters. The van der Waals surface area contributed by atoms with E-state index in [1.54, 1.807) is 12.1 Å². The molecule has 2 amide bonds. The summed E-state index contributed by atoms with van der Waals surface area (Å²) in [5.41, 5.74) is 3.44. The normalized spacial score (nSPS) is 12.8. The van der Waals surface area contributed by atoms with Crippen molar-refractivity contribution < 1.29 is 135 Å². The number of rotatable bonds is 13. The fourth-order valence-corrected chi connectivity index (χ4v) is 3.42. The Morgan fingerprint density at radius 2 is 1.70 bits per heavy atom. The average Bonchev–Trinajstić information content (AvgIpc) is 2.80. The summed E-state index contributed by atoms with van der Waals surface area (Å²) >= 11 is 0. The number of ketones is 1. The maximum absolute atomic E-state index is 12.8. The van der Waals surface area contributed by atoms with Crippen LogP contribution in [0.2, 0.25) is 0 Å². The Hall–Kier alpha value is 0.940. The van der Waals surface area contributed by atoms with E-state index in [9.17, 15) is 14.4 Å². The molecule has 0 aromatic heterocycles. The molecule has 0 bridgehead atoms. The van der Waals surface area contributed by atoms with Gasteiger partial charge in [0.2, 0.25) is 0 Å². The number of benzene rings is 1. The summed E-state index contributed by atoms with van der Waals surface area (Å²) in [6.07, 6.45) is 5.75. The molecule has 0 saturated carbocycles. The first-order valence-corrected chi connectivity index (χ1v) is 11.1. The predicted molar refractivity (Wildman–Crippen MR) is 121 cm³/mol. The smallest absolute Gasteiger partial charge is 0.653 e. The summed E-state index contributed by atoms with van der Waals surface area (Å²) in [6.45, 7) is 2.89. The minimum Gasteiger partial charge on any atom is -0.653 e. The van der Waals surface area contributed by atoms with Crippen LogP contribution >= 0.6 is 0 Å². The number of nitrogens with one attached hydrogen (secondary N) is 1. The van der Waals surface area contributed by atoms with Crippen molar-refractivity contribution in [3.8, 4) is 0 Å². The molecule has 9 heteroatoms. The van der Waals surface area contributed by atoms with Crippen LogP contribution in [0.15, 0.2) is 35.5 Å². The third-order valence-corrected chi connectivity index (χ3v) is 5.12. The molecular weight excluding hydrogens is 565 g/mol. The van der Waals surface area contributed by atoms with Gasteiger partial charge in [-0.1, -0.05) is 43.2 Å². The minimum atomic E-state index is -0.329. The van der Waals surface area contributed by atoms with Crippen LogP contribution in [0.5, 0.6) is 0 Å². The SMILES string of the molecule is CCCC(=O)[N-]CCCOCC(=O)[N-]Cc1ccc(C(=O)C2=C(NC)CCCC2)cc1.[Rb+].[Rb+]. The largest absolute Gasteiger partial charge is 1.00 e. The Balaban J connectivity index is 0.00000512. The number of hydrogen-bond acceptors (Lipinski definition) is 5. The maximum atomic E-state index is 12.8. The molecule has 0 saturated heterocycles. The van der Waals surface area contributed by atoms with Crippen LogP contribution in [0.4, 0.5) is 0 Å². The van der Waals surface area contributed by atoms with Gasteiger partial charge in [-0.2, -0.15) is 0 Å². The Morgan fingerprint density at radius 3 is 2.36 bits per heavy atom. The summed E-state index contributed by atoms with van der Waals surface area (Å²) in [4.78, 5) is 35.9. The monoisotopic (exact) mass is 597 g/mol. The third-order valence-electron chi connectivity index (χ3n) is 5.12. The minimum absolute atomic E-state index is 0. The molecular formula is C24H33N3O4Rb2. The van der Waals surface area contributed by atoms with Gasteiger partial charge in [-0.05, 0) is 38.5 Å². The molecule has 0 atom stereocenters. The quantitative estimate of drug-likeness (QED) is 0.219. The fraction of sp³-hybridized carbons (Fsp3) is 0.542. The number of hydrogen-bond donors (Lipinski definition) is 1. The molecule has 1 aliphatic carbocycles. The number of amides is 2. The first-order valence-electron chi connectivity index (χ1n) is 11.1. The van der Waals surface area contributed by atoms with Gasteiger partial charge in [0.05, 0.1) is 18.4 Å². The van der Waals surface area contributed by atoms with Gasteiger partial charge in [-0.3, -0.25) is 4.79 Å². The molecule has 0 fully saturated rings. The van der Waals surface area contributed by atoms with Crippen molar-refractivity contribution in [2.24, 2.45) is 0 Å². The van der Waals surface area contributed by atoms with E-state index in [4.69, 9.17) is 4.74 Å². The standard InChI is InChI=1S/C24H35N3O4.2Rb/c1-3-7-22(28)26-14-6-15-31-17-23(29)27-16-18-10-12-19(13-11-18)24(30)20-8-4-5-9-21(20)25-2;;/h10-13H,3-9,14-17H2,1-2H3,(H3,25,26,27,28,29,30);;/q;2*+1/p-2. The van der Waals surface area contributed by atoms with Gasteiger partial charge in [0.1, 0.15) is 0 Å². The Kier molecular flexibility index (Phi) is 20.6. The summed E-state index contributed by atoms with van der Waals surface area (Å²) in [7, 11) is 1.86. The van der Waals surface area contributed by atoms with Gasteiger partial charge in [0, 0.05) is 30.5 Å². The second kappa shape index (κ2) is 20.0. The van der Waals surface area contributed by atoms with Crippen molar-refractivity contribution in [1.82, 2.24) is 5.32 Å². The van der Waals surface area contributed by atoms with E-state index in [0.717, 1.165) is 48.9 Å². The number of ether oxygens (including phenoxy) is 1. The van der Waals surface area contributed by atoms with Crippen LogP contribution in [0.25, 0.3) is 10.6 Å². The summed E-state index contributed by atoms with van der Waals surface area (Å²) in [5.74, 6) is -0.343. The van der Waals surface area contributed by atoms with Gasteiger partial charge >= 0.3 is 116 Å². The fourth-order valence-electron chi connectivity index (χ4n) is 3.42. The molecule has 7 nitrogen and oxygen atoms in total. The van der Waals surface area contributed by atoms with E-state index < -0.39 is 0 Å². The molecule has 1 aromatic carbocycles. The zero-order chi connectivity index (χ0) is 22.5. The number of nitrogens with zero attached hydrogens (tertiary/aromatic N) is 2. The van der Waals surface area contributed by atoms with E-state index in [0.29, 0.717) is 31.6 Å². The van der Waals surface area contributed by atoms with Crippen molar-refractivity contribution in [2.45, 2.75) is 58.4 Å². The topological polar surface area (TPSA) is 101 Å². The number of carbonyl (C=O) groups is 3. The third kappa shape index (κ3) is 13.2. The second-order valence-corrected chi connectivity index (χ2v) is 7.58. The molecule has 1 N–H and O–H groups in total. The van der Waals surface area contributed by atoms with E-state index in [2.05, 4.69) is 16.0 Å². The van der Waals surface area contributed by atoms with Crippen molar-refractivity contribution in [3.63, 3.8) is 0 Å². The van der Waals surface area contributed by atoms with Crippen LogP contribution in [0.3, 0.4) is 0 Å². The zero-order valence-electron chi connectivity index (χ0n) is 20.6. The van der Waals surface area contributed by atoms with E-state index in [1.807, 2.05) is 26.1 Å². The molecule has 0 heterocycles. The Morgan fingerprint density at radius 1 is 1.00 bits per heavy atom. The summed E-state index contributed by atoms with van der Waals surface area (Å²) < 4.78 is 5.29. The number of allylic oxidation sites excluding steroid dienone is 2. The molecule has 1 aliphatic rings. The predicted octanol–water partition coefficient (Wildman–Crippen LogP) is -1.57. The molecule has 170 valence electrons. The van der Waals surface area contributed by atoms with Crippen molar-refractivity contribution in [2.75, 3.05) is 26.8 Å². The van der Waals surface area contributed by atoms with Crippen LogP contribution in [-0.2, 0) is 20.9 Å². The van der Waals surface area contributed by atoms with Gasteiger partial charge < -0.3 is 30.3 Å². The summed E-state index contributed by atoms with van der Waals surface area (Å²) in [6, 6.07) is 7.27. The number of Topliss-reactive ketones (excluding diaryl/α,β-unsaturated/α-hetero) is 1. The Labute approximate surface area is 295 Å². The molecule has 33 heavy (non-hydrogen) atoms. The molecule has 1 aromatic rings. The Bertz CT molecular complexity index is 782. The van der Waals surface area contributed by atoms with Crippen molar-refractivity contribution >= 4 is 17.6 Å². The van der Waals surface area contributed by atoms with Gasteiger partial charge in [-0.15, -0.1) is 13.1 Å². The van der Waals surface area contributed by atoms with Crippen LogP contribution in [0, 0.1) is 0 Å². The van der Waals surface area contributed by atoms with Gasteiger partial charge in [0.15, 0.2) is 5.78 Å². The van der Waals surface area contributed by atoms with Crippen LogP contribution < -0.4 is 122 Å². The van der Waals surface area contributed by atoms with Gasteiger partial charge in [0.25, 0.3) is 0 Å². The first kappa shape index (κ1) is 33.9. The zero-order valence-corrected chi connectivity index (χ0v) is 30.4. The van der Waals surface area contributed by atoms with E-state index >= 15 is 0 Å². The first-order chi connectivity index (χ1) is 15.0.